The third-order valence-corrected chi connectivity index (χ3v) is 5.69. The summed E-state index contributed by atoms with van der Waals surface area (Å²) in [4.78, 5) is 23.9. The molecule has 2 rings (SSSR count). The van der Waals surface area contributed by atoms with Gasteiger partial charge in [-0.05, 0) is 5.92 Å². The average Bonchev–Trinajstić information content (AvgIpc) is 2.78. The maximum atomic E-state index is 11.9. The van der Waals surface area contributed by atoms with Crippen LogP contribution in [-0.2, 0) is 9.59 Å². The lowest BCUT2D eigenvalue weighted by molar-refractivity contribution is -0.128. The van der Waals surface area contributed by atoms with Gasteiger partial charge in [0.2, 0.25) is 11.8 Å². The van der Waals surface area contributed by atoms with Crippen molar-refractivity contribution in [1.82, 2.24) is 20.9 Å². The lowest BCUT2D eigenvalue weighted by Gasteiger charge is -2.24. The lowest BCUT2D eigenvalue weighted by atomic mass is 9.98. The van der Waals surface area contributed by atoms with Crippen LogP contribution in [0.3, 0.4) is 0 Å². The van der Waals surface area contributed by atoms with E-state index < -0.39 is 0 Å². The normalized spacial score (nSPS) is 10.8. The summed E-state index contributed by atoms with van der Waals surface area (Å²) in [5.41, 5.74) is 7.25. The number of amides is 2. The standard InChI is InChI=1S/C14H20N2OS.C10H12N2OS/c1-10(2)11(3)13(17)15-16(4)14(18)12-8-6-5-7-9-12;1-8(13)11-12(2)10(14)9-6-4-3-5-7-9/h5-11H,1-4H3,(H,15,17);3-7H,1-2H3,(H,11,13). The van der Waals surface area contributed by atoms with Gasteiger partial charge in [-0.1, -0.05) is 106 Å². The van der Waals surface area contributed by atoms with Gasteiger partial charge in [0.1, 0.15) is 9.98 Å². The van der Waals surface area contributed by atoms with Gasteiger partial charge in [-0.2, -0.15) is 0 Å². The molecule has 0 spiro atoms. The minimum Gasteiger partial charge on any atom is -0.277 e. The SMILES string of the molecule is CC(=O)NN(C)C(=S)c1ccccc1.CC(C)C(C)C(=O)NN(C)C(=S)c1ccccc1. The highest BCUT2D eigenvalue weighted by atomic mass is 32.1. The second-order valence-electron chi connectivity index (χ2n) is 7.64. The molecule has 0 fully saturated rings. The van der Waals surface area contributed by atoms with Gasteiger partial charge >= 0.3 is 0 Å². The zero-order chi connectivity index (χ0) is 24.3. The second kappa shape index (κ2) is 13.5. The first kappa shape index (κ1) is 27.2. The zero-order valence-electron chi connectivity index (χ0n) is 19.5. The predicted molar refractivity (Wildman–Crippen MR) is 138 cm³/mol. The summed E-state index contributed by atoms with van der Waals surface area (Å²) in [5.74, 6) is 0.131. The van der Waals surface area contributed by atoms with Crippen molar-refractivity contribution in [2.75, 3.05) is 14.1 Å². The first-order valence-electron chi connectivity index (χ1n) is 10.3. The van der Waals surface area contributed by atoms with Gasteiger partial charge in [-0.3, -0.25) is 30.5 Å². The molecule has 0 heterocycles. The fourth-order valence-electron chi connectivity index (χ4n) is 2.46. The number of benzene rings is 2. The summed E-state index contributed by atoms with van der Waals surface area (Å²) in [6.45, 7) is 7.42. The molecule has 2 aromatic carbocycles. The van der Waals surface area contributed by atoms with Gasteiger partial charge in [0.05, 0.1) is 0 Å². The Labute approximate surface area is 201 Å². The molecule has 0 aliphatic carbocycles. The van der Waals surface area contributed by atoms with Crippen molar-refractivity contribution in [3.05, 3.63) is 71.8 Å². The molecule has 0 aliphatic heterocycles. The molecule has 0 radical (unpaired) electrons. The molecule has 0 aliphatic rings. The minimum atomic E-state index is -0.134. The van der Waals surface area contributed by atoms with E-state index in [1.807, 2.05) is 81.4 Å². The van der Waals surface area contributed by atoms with Gasteiger partial charge in [0.25, 0.3) is 0 Å². The molecule has 8 heteroatoms. The monoisotopic (exact) mass is 472 g/mol. The highest BCUT2D eigenvalue weighted by Crippen LogP contribution is 2.10. The Bertz CT molecular complexity index is 905. The van der Waals surface area contributed by atoms with Crippen LogP contribution >= 0.6 is 24.4 Å². The van der Waals surface area contributed by atoms with Gasteiger partial charge in [-0.15, -0.1) is 0 Å². The quantitative estimate of drug-likeness (QED) is 0.519. The van der Waals surface area contributed by atoms with E-state index in [2.05, 4.69) is 10.9 Å². The van der Waals surface area contributed by atoms with Crippen molar-refractivity contribution in [1.29, 1.82) is 0 Å². The van der Waals surface area contributed by atoms with Crippen molar-refractivity contribution in [2.24, 2.45) is 11.8 Å². The maximum absolute atomic E-state index is 11.9. The maximum Gasteiger partial charge on any atom is 0.241 e. The smallest absolute Gasteiger partial charge is 0.241 e. The van der Waals surface area contributed by atoms with Crippen LogP contribution in [0.4, 0.5) is 0 Å². The molecule has 32 heavy (non-hydrogen) atoms. The first-order valence-corrected chi connectivity index (χ1v) is 11.1. The highest BCUT2D eigenvalue weighted by Gasteiger charge is 2.19. The fraction of sp³-hybridized carbons (Fsp3) is 0.333. The number of rotatable bonds is 4. The third kappa shape index (κ3) is 9.11. The Morgan fingerprint density at radius 1 is 0.750 bits per heavy atom. The van der Waals surface area contributed by atoms with Gasteiger partial charge in [0, 0.05) is 38.1 Å². The summed E-state index contributed by atoms with van der Waals surface area (Å²) in [5, 5.41) is 3.14. The Balaban J connectivity index is 0.000000330. The average molecular weight is 473 g/mol. The highest BCUT2D eigenvalue weighted by molar-refractivity contribution is 7.80. The summed E-state index contributed by atoms with van der Waals surface area (Å²) in [6, 6.07) is 19.2. The first-order chi connectivity index (χ1) is 15.0. The molecule has 2 N–H and O–H groups in total. The van der Waals surface area contributed by atoms with Gasteiger partial charge < -0.3 is 0 Å². The molecule has 2 amide bonds. The summed E-state index contributed by atoms with van der Waals surface area (Å²) < 4.78 is 0. The zero-order valence-corrected chi connectivity index (χ0v) is 21.1. The molecule has 0 aromatic heterocycles. The number of hydrogen-bond acceptors (Lipinski definition) is 4. The molecule has 6 nitrogen and oxygen atoms in total. The second-order valence-corrected chi connectivity index (χ2v) is 8.41. The number of carbonyl (C=O) groups is 2. The summed E-state index contributed by atoms with van der Waals surface area (Å²) >= 11 is 10.5. The summed E-state index contributed by atoms with van der Waals surface area (Å²) in [7, 11) is 3.48. The van der Waals surface area contributed by atoms with E-state index in [0.717, 1.165) is 11.1 Å². The van der Waals surface area contributed by atoms with Crippen molar-refractivity contribution in [3.63, 3.8) is 0 Å². The minimum absolute atomic E-state index is 0.00854. The fourth-order valence-corrected chi connectivity index (χ4v) is 2.82. The molecular formula is C24H32N4O2S2. The molecule has 172 valence electrons. The van der Waals surface area contributed by atoms with E-state index in [0.29, 0.717) is 15.9 Å². The van der Waals surface area contributed by atoms with Gasteiger partial charge in [0.15, 0.2) is 0 Å². The number of nitrogens with zero attached hydrogens (tertiary/aromatic N) is 2. The molecule has 2 aromatic rings. The molecule has 0 saturated carbocycles. The topological polar surface area (TPSA) is 64.7 Å². The number of hydrogen-bond donors (Lipinski definition) is 2. The molecule has 0 bridgehead atoms. The van der Waals surface area contributed by atoms with Crippen molar-refractivity contribution in [3.8, 4) is 0 Å². The Morgan fingerprint density at radius 2 is 1.12 bits per heavy atom. The molecule has 0 saturated heterocycles. The number of carbonyl (C=O) groups excluding carboxylic acids is 2. The van der Waals surface area contributed by atoms with Crippen molar-refractivity contribution in [2.45, 2.75) is 27.7 Å². The summed E-state index contributed by atoms with van der Waals surface area (Å²) in [6.07, 6.45) is 0. The Kier molecular flexibility index (Phi) is 11.5. The molecular weight excluding hydrogens is 440 g/mol. The van der Waals surface area contributed by atoms with Crippen LogP contribution in [0, 0.1) is 11.8 Å². The van der Waals surface area contributed by atoms with Gasteiger partial charge in [-0.25, -0.2) is 0 Å². The van der Waals surface area contributed by atoms with E-state index in [4.69, 9.17) is 24.4 Å². The van der Waals surface area contributed by atoms with Crippen LogP contribution in [0.2, 0.25) is 0 Å². The third-order valence-electron chi connectivity index (χ3n) is 4.67. The van der Waals surface area contributed by atoms with Crippen LogP contribution in [-0.4, -0.2) is 45.9 Å². The van der Waals surface area contributed by atoms with Crippen LogP contribution in [0.15, 0.2) is 60.7 Å². The van der Waals surface area contributed by atoms with Crippen LogP contribution in [0.5, 0.6) is 0 Å². The number of nitrogens with one attached hydrogen (secondary N) is 2. The van der Waals surface area contributed by atoms with E-state index >= 15 is 0 Å². The predicted octanol–water partition coefficient (Wildman–Crippen LogP) is 3.96. The lowest BCUT2D eigenvalue weighted by Crippen LogP contribution is -2.45. The Hall–Kier alpha value is -2.84. The van der Waals surface area contributed by atoms with Crippen LogP contribution < -0.4 is 10.9 Å². The Morgan fingerprint density at radius 3 is 1.47 bits per heavy atom. The largest absolute Gasteiger partial charge is 0.277 e. The van der Waals surface area contributed by atoms with E-state index in [1.54, 1.807) is 19.1 Å². The molecule has 1 unspecified atom stereocenters. The van der Waals surface area contributed by atoms with E-state index in [1.165, 1.54) is 11.9 Å². The van der Waals surface area contributed by atoms with Crippen LogP contribution in [0.1, 0.15) is 38.8 Å². The number of hydrazine groups is 2. The number of thiocarbonyl (C=S) groups is 2. The van der Waals surface area contributed by atoms with E-state index in [9.17, 15) is 9.59 Å². The van der Waals surface area contributed by atoms with Crippen molar-refractivity contribution < 1.29 is 9.59 Å². The van der Waals surface area contributed by atoms with Crippen molar-refractivity contribution >= 4 is 46.2 Å². The van der Waals surface area contributed by atoms with Crippen LogP contribution in [0.25, 0.3) is 0 Å². The van der Waals surface area contributed by atoms with E-state index in [-0.39, 0.29) is 17.7 Å². The molecule has 1 atom stereocenters.